The normalized spacial score (nSPS) is 17.6. The number of ether oxygens (including phenoxy) is 1. The first-order chi connectivity index (χ1) is 16.4. The number of anilines is 1. The average molecular weight is 476 g/mol. The van der Waals surface area contributed by atoms with Crippen LogP contribution in [-0.4, -0.2) is 73.1 Å². The second-order valence-corrected chi connectivity index (χ2v) is 10.6. The third-order valence-electron chi connectivity index (χ3n) is 6.46. The lowest BCUT2D eigenvalue weighted by Crippen LogP contribution is -2.54. The second-order valence-electron chi connectivity index (χ2n) is 9.35. The molecule has 5 rings (SSSR count). The van der Waals surface area contributed by atoms with E-state index in [1.54, 1.807) is 11.9 Å². The fraction of sp³-hybridized carbons (Fsp3) is 0.385. The van der Waals surface area contributed by atoms with Gasteiger partial charge in [-0.25, -0.2) is 4.31 Å². The summed E-state index contributed by atoms with van der Waals surface area (Å²) in [7, 11) is 1.95. The third-order valence-corrected chi connectivity index (χ3v) is 7.37. The van der Waals surface area contributed by atoms with Crippen LogP contribution in [0.1, 0.15) is 6.92 Å². The number of carbonyl (C=O) groups excluding carboxylic acids is 1. The molecule has 0 unspecified atom stereocenters. The van der Waals surface area contributed by atoms with Crippen molar-refractivity contribution in [1.82, 2.24) is 14.2 Å². The number of benzene rings is 2. The van der Waals surface area contributed by atoms with Crippen LogP contribution >= 0.6 is 11.9 Å². The summed E-state index contributed by atoms with van der Waals surface area (Å²) < 4.78 is 7.34. The molecular formula is C26H29N5O2S. The van der Waals surface area contributed by atoms with Crippen LogP contribution in [-0.2, 0) is 9.53 Å². The smallest absolute Gasteiger partial charge is 0.237 e. The van der Waals surface area contributed by atoms with Crippen molar-refractivity contribution in [2.45, 2.75) is 11.8 Å². The molecule has 0 spiro atoms. The number of hydrogen-bond acceptors (Lipinski definition) is 6. The molecule has 1 aromatic heterocycles. The molecule has 2 fully saturated rings. The number of likely N-dealkylation sites (N-methyl/N-ethyl adjacent to an activating group) is 1. The first kappa shape index (κ1) is 22.8. The van der Waals surface area contributed by atoms with Gasteiger partial charge in [-0.1, -0.05) is 18.2 Å². The maximum atomic E-state index is 12.6. The molecule has 3 heterocycles. The van der Waals surface area contributed by atoms with Gasteiger partial charge in [0.05, 0.1) is 31.2 Å². The Morgan fingerprint density at radius 2 is 1.97 bits per heavy atom. The number of morpholine rings is 1. The first-order valence-electron chi connectivity index (χ1n) is 11.6. The minimum atomic E-state index is -0.300. The molecule has 0 saturated carbocycles. The quantitative estimate of drug-likeness (QED) is 0.544. The van der Waals surface area contributed by atoms with Gasteiger partial charge in [-0.05, 0) is 56.3 Å². The van der Waals surface area contributed by atoms with Crippen molar-refractivity contribution in [3.8, 4) is 17.3 Å². The topological polar surface area (TPSA) is 75.6 Å². The molecular weight excluding hydrogens is 446 g/mol. The molecule has 176 valence electrons. The molecule has 0 radical (unpaired) electrons. The number of nitrogens with zero attached hydrogens (tertiary/aromatic N) is 4. The zero-order chi connectivity index (χ0) is 23.7. The maximum absolute atomic E-state index is 12.6. The van der Waals surface area contributed by atoms with Crippen molar-refractivity contribution in [2.75, 3.05) is 57.9 Å². The number of aromatic amines is 1. The summed E-state index contributed by atoms with van der Waals surface area (Å²) in [4.78, 5) is 21.4. The van der Waals surface area contributed by atoms with E-state index in [4.69, 9.17) is 4.74 Å². The third kappa shape index (κ3) is 4.64. The summed E-state index contributed by atoms with van der Waals surface area (Å²) >= 11 is 1.57. The summed E-state index contributed by atoms with van der Waals surface area (Å²) in [6.07, 6.45) is 0. The molecule has 0 bridgehead atoms. The van der Waals surface area contributed by atoms with Crippen molar-refractivity contribution in [3.05, 3.63) is 48.5 Å². The summed E-state index contributed by atoms with van der Waals surface area (Å²) in [5.74, 6) is 0.127. The molecule has 0 aliphatic carbocycles. The predicted molar refractivity (Wildman–Crippen MR) is 136 cm³/mol. The summed E-state index contributed by atoms with van der Waals surface area (Å²) in [6, 6.07) is 19.3. The summed E-state index contributed by atoms with van der Waals surface area (Å²) in [5.41, 5.74) is 4.08. The van der Waals surface area contributed by atoms with Crippen LogP contribution in [0.15, 0.2) is 53.4 Å². The van der Waals surface area contributed by atoms with Gasteiger partial charge in [0.25, 0.3) is 0 Å². The molecule has 0 atom stereocenters. The van der Waals surface area contributed by atoms with E-state index in [-0.39, 0.29) is 11.3 Å². The number of carbonyl (C=O) groups is 1. The summed E-state index contributed by atoms with van der Waals surface area (Å²) in [6.45, 7) is 6.34. The number of rotatable bonds is 6. The molecule has 2 aromatic carbocycles. The molecule has 34 heavy (non-hydrogen) atoms. The Labute approximate surface area is 204 Å². The van der Waals surface area contributed by atoms with E-state index in [0.717, 1.165) is 40.4 Å². The van der Waals surface area contributed by atoms with Crippen LogP contribution in [0.4, 0.5) is 5.69 Å². The van der Waals surface area contributed by atoms with Crippen molar-refractivity contribution < 1.29 is 9.53 Å². The zero-order valence-electron chi connectivity index (χ0n) is 19.6. The van der Waals surface area contributed by atoms with Gasteiger partial charge >= 0.3 is 0 Å². The van der Waals surface area contributed by atoms with Gasteiger partial charge in [0.2, 0.25) is 5.91 Å². The fourth-order valence-electron chi connectivity index (χ4n) is 4.63. The van der Waals surface area contributed by atoms with E-state index in [1.807, 2.05) is 35.3 Å². The van der Waals surface area contributed by atoms with E-state index < -0.39 is 0 Å². The van der Waals surface area contributed by atoms with E-state index in [1.165, 1.54) is 5.39 Å². The van der Waals surface area contributed by atoms with Crippen molar-refractivity contribution >= 4 is 34.4 Å². The Balaban J connectivity index is 1.39. The highest BCUT2D eigenvalue weighted by molar-refractivity contribution is 7.97. The Hall–Kier alpha value is -2.99. The van der Waals surface area contributed by atoms with Gasteiger partial charge < -0.3 is 19.5 Å². The number of H-pyrrole nitrogens is 1. The Bertz CT molecular complexity index is 1200. The molecule has 1 amide bonds. The zero-order valence-corrected chi connectivity index (χ0v) is 20.4. The van der Waals surface area contributed by atoms with Gasteiger partial charge in [-0.15, -0.1) is 0 Å². The van der Waals surface area contributed by atoms with Gasteiger partial charge in [-0.2, -0.15) is 5.26 Å². The summed E-state index contributed by atoms with van der Waals surface area (Å²) in [5, 5.41) is 10.6. The van der Waals surface area contributed by atoms with E-state index in [2.05, 4.69) is 52.4 Å². The molecule has 3 aromatic rings. The molecule has 8 heteroatoms. The van der Waals surface area contributed by atoms with Gasteiger partial charge in [-0.3, -0.25) is 4.79 Å². The monoisotopic (exact) mass is 475 g/mol. The highest BCUT2D eigenvalue weighted by Crippen LogP contribution is 2.41. The van der Waals surface area contributed by atoms with Crippen LogP contribution in [0.25, 0.3) is 22.2 Å². The maximum Gasteiger partial charge on any atom is 0.237 e. The molecule has 1 N–H and O–H groups in total. The average Bonchev–Trinajstić information content (AvgIpc) is 3.27. The number of hydrogen-bond donors (Lipinski definition) is 1. The second kappa shape index (κ2) is 9.34. The van der Waals surface area contributed by atoms with E-state index in [9.17, 15) is 10.1 Å². The lowest BCUT2D eigenvalue weighted by Gasteiger charge is -2.45. The first-order valence-corrected chi connectivity index (χ1v) is 12.3. The van der Waals surface area contributed by atoms with E-state index in [0.29, 0.717) is 32.8 Å². The van der Waals surface area contributed by atoms with Gasteiger partial charge in [0.15, 0.2) is 0 Å². The Morgan fingerprint density at radius 1 is 1.21 bits per heavy atom. The lowest BCUT2D eigenvalue weighted by molar-refractivity contribution is -0.135. The van der Waals surface area contributed by atoms with Crippen LogP contribution < -0.4 is 4.90 Å². The van der Waals surface area contributed by atoms with Crippen LogP contribution in [0, 0.1) is 16.7 Å². The van der Waals surface area contributed by atoms with Crippen LogP contribution in [0.3, 0.4) is 0 Å². The molecule has 2 saturated heterocycles. The highest BCUT2D eigenvalue weighted by atomic mass is 32.2. The number of nitrogens with one attached hydrogen (secondary N) is 1. The van der Waals surface area contributed by atoms with Crippen molar-refractivity contribution in [3.63, 3.8) is 0 Å². The van der Waals surface area contributed by atoms with Gasteiger partial charge in [0, 0.05) is 58.9 Å². The number of nitriles is 1. The number of aromatic nitrogens is 1. The molecule has 2 aliphatic heterocycles. The molecule has 7 nitrogen and oxygen atoms in total. The van der Waals surface area contributed by atoms with E-state index >= 15 is 0 Å². The number of para-hydroxylation sites is 1. The lowest BCUT2D eigenvalue weighted by atomic mass is 9.83. The Kier molecular flexibility index (Phi) is 6.26. The predicted octanol–water partition coefficient (Wildman–Crippen LogP) is 3.98. The number of fused-ring (bicyclic) bond motifs is 1. The largest absolute Gasteiger partial charge is 0.378 e. The van der Waals surface area contributed by atoms with Crippen LogP contribution in [0.5, 0.6) is 0 Å². The van der Waals surface area contributed by atoms with Crippen LogP contribution in [0.2, 0.25) is 0 Å². The molecule has 2 aliphatic rings. The number of amides is 1. The minimum absolute atomic E-state index is 0.127. The highest BCUT2D eigenvalue weighted by Gasteiger charge is 2.40. The van der Waals surface area contributed by atoms with Crippen molar-refractivity contribution in [1.29, 1.82) is 5.26 Å². The SMILES string of the molecule is CN(CC(=O)N1CCOCC1)Sc1ccc(N2CC(C)(C#N)C2)c(-c2cc3ccccc3[nH]2)c1. The standard InChI is InChI=1S/C26H29N5O2S/c1-26(16-27)17-31(18-26)24-8-7-20(34-29(2)15-25(32)30-9-11-33-12-10-30)14-21(24)23-13-19-5-3-4-6-22(19)28-23/h3-8,13-14,28H,9-12,15,17-18H2,1-2H3. The fourth-order valence-corrected chi connectivity index (χ4v) is 5.47. The van der Waals surface area contributed by atoms with Gasteiger partial charge in [0.1, 0.15) is 0 Å². The minimum Gasteiger partial charge on any atom is -0.378 e. The van der Waals surface area contributed by atoms with Crippen molar-refractivity contribution in [2.24, 2.45) is 5.41 Å². The Morgan fingerprint density at radius 3 is 2.71 bits per heavy atom.